The first-order chi connectivity index (χ1) is 14.2. The highest BCUT2D eigenvalue weighted by Crippen LogP contribution is 2.29. The van der Waals surface area contributed by atoms with Crippen molar-refractivity contribution in [2.75, 3.05) is 65.8 Å². The summed E-state index contributed by atoms with van der Waals surface area (Å²) in [5, 5.41) is 10.3. The first-order valence-electron chi connectivity index (χ1n) is 11.3. The third-order valence-electron chi connectivity index (χ3n) is 6.69. The number of ether oxygens (including phenoxy) is 4. The summed E-state index contributed by atoms with van der Waals surface area (Å²) in [6.07, 6.45) is 3.89. The van der Waals surface area contributed by atoms with Crippen molar-refractivity contribution < 1.29 is 28.8 Å². The van der Waals surface area contributed by atoms with Crippen molar-refractivity contribution in [3.63, 3.8) is 0 Å². The molecule has 4 saturated heterocycles. The van der Waals surface area contributed by atoms with Gasteiger partial charge in [-0.15, -0.1) is 0 Å². The monoisotopic (exact) mass is 412 g/mol. The molecule has 4 aliphatic heterocycles. The fourth-order valence-corrected chi connectivity index (χ4v) is 5.05. The van der Waals surface area contributed by atoms with Crippen molar-refractivity contribution >= 4 is 5.91 Å². The topological polar surface area (TPSA) is 80.7 Å². The van der Waals surface area contributed by atoms with Crippen LogP contribution in [0.2, 0.25) is 0 Å². The Morgan fingerprint density at radius 2 is 1.69 bits per heavy atom. The number of hydrogen-bond acceptors (Lipinski definition) is 7. The summed E-state index contributed by atoms with van der Waals surface area (Å²) < 4.78 is 23.0. The molecule has 0 spiro atoms. The van der Waals surface area contributed by atoms with Crippen LogP contribution in [0.15, 0.2) is 0 Å². The highest BCUT2D eigenvalue weighted by Gasteiger charge is 2.39. The zero-order valence-corrected chi connectivity index (χ0v) is 17.4. The third kappa shape index (κ3) is 5.89. The van der Waals surface area contributed by atoms with E-state index in [2.05, 4.69) is 4.90 Å². The Morgan fingerprint density at radius 3 is 2.48 bits per heavy atom. The number of hydrogen-bond donors (Lipinski definition) is 1. The van der Waals surface area contributed by atoms with E-state index in [1.807, 2.05) is 4.90 Å². The number of amides is 1. The van der Waals surface area contributed by atoms with E-state index in [4.69, 9.17) is 18.9 Å². The van der Waals surface area contributed by atoms with E-state index in [-0.39, 0.29) is 24.2 Å². The number of aliphatic hydroxyl groups excluding tert-OH is 1. The molecule has 166 valence electrons. The second kappa shape index (κ2) is 10.5. The molecule has 0 aromatic heterocycles. The van der Waals surface area contributed by atoms with Gasteiger partial charge in [-0.1, -0.05) is 0 Å². The lowest BCUT2D eigenvalue weighted by Crippen LogP contribution is -2.57. The lowest BCUT2D eigenvalue weighted by atomic mass is 9.92. The average molecular weight is 413 g/mol. The molecule has 0 saturated carbocycles. The predicted octanol–water partition coefficient (Wildman–Crippen LogP) is 0.271. The second-order valence-corrected chi connectivity index (χ2v) is 8.84. The van der Waals surface area contributed by atoms with Crippen molar-refractivity contribution in [2.45, 2.75) is 56.5 Å². The Balaban J connectivity index is 1.35. The number of fused-ring (bicyclic) bond motifs is 1. The molecule has 4 heterocycles. The molecule has 4 rings (SSSR count). The number of nitrogens with zero attached hydrogens (tertiary/aromatic N) is 2. The van der Waals surface area contributed by atoms with Gasteiger partial charge in [-0.25, -0.2) is 0 Å². The minimum atomic E-state index is -0.462. The van der Waals surface area contributed by atoms with Crippen LogP contribution in [-0.2, 0) is 23.7 Å². The van der Waals surface area contributed by atoms with Gasteiger partial charge in [0.2, 0.25) is 5.91 Å². The van der Waals surface area contributed by atoms with E-state index >= 15 is 0 Å². The van der Waals surface area contributed by atoms with E-state index in [9.17, 15) is 9.90 Å². The fourth-order valence-electron chi connectivity index (χ4n) is 5.05. The summed E-state index contributed by atoms with van der Waals surface area (Å²) in [5.74, 6) is 0.774. The van der Waals surface area contributed by atoms with Crippen LogP contribution in [0.1, 0.15) is 32.1 Å². The van der Waals surface area contributed by atoms with Crippen LogP contribution in [0.4, 0.5) is 0 Å². The van der Waals surface area contributed by atoms with E-state index in [1.165, 1.54) is 0 Å². The summed E-state index contributed by atoms with van der Waals surface area (Å²) in [4.78, 5) is 16.9. The molecule has 0 radical (unpaired) electrons. The van der Waals surface area contributed by atoms with Crippen molar-refractivity contribution in [1.29, 1.82) is 0 Å². The second-order valence-electron chi connectivity index (χ2n) is 8.84. The summed E-state index contributed by atoms with van der Waals surface area (Å²) in [5.41, 5.74) is 0. The molecule has 8 heteroatoms. The van der Waals surface area contributed by atoms with Crippen LogP contribution in [0.5, 0.6) is 0 Å². The maximum absolute atomic E-state index is 12.6. The number of β-amino-alcohol motifs (C(OH)–C–C–N with tert-alkyl or cyclic N) is 1. The molecular formula is C21H36N2O6. The van der Waals surface area contributed by atoms with E-state index in [0.29, 0.717) is 58.4 Å². The van der Waals surface area contributed by atoms with Gasteiger partial charge in [-0.3, -0.25) is 9.69 Å². The average Bonchev–Trinajstić information content (AvgIpc) is 2.74. The lowest BCUT2D eigenvalue weighted by molar-refractivity contribution is -0.163. The highest BCUT2D eigenvalue weighted by molar-refractivity contribution is 5.76. The molecule has 4 fully saturated rings. The first kappa shape index (κ1) is 21.5. The lowest BCUT2D eigenvalue weighted by Gasteiger charge is -2.46. The number of carbonyl (C=O) groups is 1. The Bertz CT molecular complexity index is 523. The Labute approximate surface area is 173 Å². The van der Waals surface area contributed by atoms with Gasteiger partial charge in [-0.2, -0.15) is 0 Å². The van der Waals surface area contributed by atoms with Gasteiger partial charge in [0.25, 0.3) is 0 Å². The molecule has 0 unspecified atom stereocenters. The number of aliphatic hydroxyl groups is 1. The van der Waals surface area contributed by atoms with Crippen molar-refractivity contribution in [3.8, 4) is 0 Å². The van der Waals surface area contributed by atoms with E-state index in [1.54, 1.807) is 0 Å². The largest absolute Gasteiger partial charge is 0.389 e. The maximum atomic E-state index is 12.6. The molecule has 1 N–H and O–H groups in total. The molecule has 4 aliphatic rings. The predicted molar refractivity (Wildman–Crippen MR) is 106 cm³/mol. The van der Waals surface area contributed by atoms with Gasteiger partial charge in [0.1, 0.15) is 0 Å². The number of morpholine rings is 1. The standard InChI is InChI=1S/C21H36N2O6/c24-17-13-23(12-16-3-7-26-8-4-16)19-2-1-18(29-20(19)15-28-14-17)11-21(25)22-5-9-27-10-6-22/h16-20,24H,1-15H2/t17-,18-,19-,20+/m1/s1. The van der Waals surface area contributed by atoms with Crippen molar-refractivity contribution in [3.05, 3.63) is 0 Å². The summed E-state index contributed by atoms with van der Waals surface area (Å²) in [7, 11) is 0. The minimum absolute atomic E-state index is 0.0430. The zero-order chi connectivity index (χ0) is 20.1. The molecule has 1 amide bonds. The molecule has 4 atom stereocenters. The third-order valence-corrected chi connectivity index (χ3v) is 6.69. The molecule has 8 nitrogen and oxygen atoms in total. The quantitative estimate of drug-likeness (QED) is 0.710. The van der Waals surface area contributed by atoms with Gasteiger partial charge in [-0.05, 0) is 31.6 Å². The van der Waals surface area contributed by atoms with Gasteiger partial charge in [0.05, 0.1) is 51.2 Å². The molecule has 0 aromatic carbocycles. The summed E-state index contributed by atoms with van der Waals surface area (Å²) in [6.45, 7) is 6.69. The van der Waals surface area contributed by atoms with Crippen LogP contribution >= 0.6 is 0 Å². The van der Waals surface area contributed by atoms with Gasteiger partial charge < -0.3 is 29.0 Å². The van der Waals surface area contributed by atoms with Crippen LogP contribution in [-0.4, -0.2) is 111 Å². The minimum Gasteiger partial charge on any atom is -0.389 e. The SMILES string of the molecule is O=C(C[C@H]1CC[C@@H]2[C@H](COC[C@H](O)CN2CC2CCOCC2)O1)N1CCOCC1. The Morgan fingerprint density at radius 1 is 0.931 bits per heavy atom. The van der Waals surface area contributed by atoms with E-state index in [0.717, 1.165) is 45.4 Å². The van der Waals surface area contributed by atoms with Gasteiger partial charge in [0.15, 0.2) is 0 Å². The molecule has 29 heavy (non-hydrogen) atoms. The van der Waals surface area contributed by atoms with Gasteiger partial charge >= 0.3 is 0 Å². The smallest absolute Gasteiger partial charge is 0.225 e. The maximum Gasteiger partial charge on any atom is 0.225 e. The Kier molecular flexibility index (Phi) is 7.77. The number of carbonyl (C=O) groups excluding carboxylic acids is 1. The normalized spacial score (nSPS) is 35.6. The Hall–Kier alpha value is -0.770. The molecular weight excluding hydrogens is 376 g/mol. The molecule has 0 bridgehead atoms. The zero-order valence-electron chi connectivity index (χ0n) is 17.4. The summed E-state index contributed by atoms with van der Waals surface area (Å²) >= 11 is 0. The first-order valence-corrected chi connectivity index (χ1v) is 11.3. The molecule has 0 aliphatic carbocycles. The fraction of sp³-hybridized carbons (Fsp3) is 0.952. The van der Waals surface area contributed by atoms with Crippen molar-refractivity contribution in [2.24, 2.45) is 5.92 Å². The van der Waals surface area contributed by atoms with Gasteiger partial charge in [0, 0.05) is 45.4 Å². The number of rotatable bonds is 4. The molecule has 0 aromatic rings. The van der Waals surface area contributed by atoms with Crippen LogP contribution in [0, 0.1) is 5.92 Å². The van der Waals surface area contributed by atoms with Crippen LogP contribution in [0.25, 0.3) is 0 Å². The van der Waals surface area contributed by atoms with Crippen LogP contribution < -0.4 is 0 Å². The van der Waals surface area contributed by atoms with Crippen LogP contribution in [0.3, 0.4) is 0 Å². The summed E-state index contributed by atoms with van der Waals surface area (Å²) in [6, 6.07) is 0.238. The van der Waals surface area contributed by atoms with E-state index < -0.39 is 6.10 Å². The highest BCUT2D eigenvalue weighted by atomic mass is 16.5. The van der Waals surface area contributed by atoms with Crippen molar-refractivity contribution in [1.82, 2.24) is 9.80 Å².